The van der Waals surface area contributed by atoms with Crippen LogP contribution in [0.15, 0.2) is 131 Å². The third-order valence-electron chi connectivity index (χ3n) is 9.57. The maximum atomic E-state index is 2.48. The van der Waals surface area contributed by atoms with Crippen molar-refractivity contribution < 1.29 is 0 Å². The van der Waals surface area contributed by atoms with Gasteiger partial charge in [0.05, 0.1) is 22.1 Å². The number of aromatic nitrogens is 2. The molecule has 5 heteroatoms. The highest BCUT2D eigenvalue weighted by Crippen LogP contribution is 2.48. The zero-order valence-electron chi connectivity index (χ0n) is 24.4. The lowest BCUT2D eigenvalue weighted by molar-refractivity contribution is 1.19. The van der Waals surface area contributed by atoms with Crippen LogP contribution < -0.4 is 0 Å². The van der Waals surface area contributed by atoms with Crippen LogP contribution in [0, 0.1) is 0 Å². The van der Waals surface area contributed by atoms with E-state index in [1.165, 1.54) is 95.3 Å². The van der Waals surface area contributed by atoms with E-state index >= 15 is 0 Å². The van der Waals surface area contributed by atoms with Gasteiger partial charge in [-0.05, 0) is 68.8 Å². The van der Waals surface area contributed by atoms with Crippen molar-refractivity contribution in [1.29, 1.82) is 0 Å². The van der Waals surface area contributed by atoms with E-state index in [2.05, 4.69) is 145 Å². The van der Waals surface area contributed by atoms with Crippen molar-refractivity contribution in [1.82, 2.24) is 9.13 Å². The first kappa shape index (κ1) is 25.6. The molecule has 1 aliphatic rings. The van der Waals surface area contributed by atoms with E-state index in [4.69, 9.17) is 0 Å². The summed E-state index contributed by atoms with van der Waals surface area (Å²) in [7, 11) is 0. The molecule has 0 atom stereocenters. The average molecular weight is 735 g/mol. The molecule has 216 valence electrons. The number of nitrogens with zero attached hydrogens (tertiary/aromatic N) is 2. The van der Waals surface area contributed by atoms with Gasteiger partial charge >= 0.3 is 0 Å². The van der Waals surface area contributed by atoms with Crippen LogP contribution in [0.1, 0.15) is 0 Å². The SMILES string of the molecule is C1=CC(n2c3ccccc3c3c4sc5c(ccc6c5c5ccccc5n6-c5ccc6sc7ccccc7c6c5)c4ccc32)=CC=I1. The molecule has 11 rings (SSSR count). The van der Waals surface area contributed by atoms with Gasteiger partial charge in [-0.2, -0.15) is 0 Å². The Balaban J connectivity index is 1.25. The first-order valence-corrected chi connectivity index (χ1v) is 19.5. The van der Waals surface area contributed by atoms with Gasteiger partial charge < -0.3 is 9.13 Å². The average Bonchev–Trinajstić information content (AvgIpc) is 3.85. The number of hydrogen-bond acceptors (Lipinski definition) is 2. The molecule has 0 aliphatic carbocycles. The fourth-order valence-electron chi connectivity index (χ4n) is 7.65. The predicted octanol–water partition coefficient (Wildman–Crippen LogP) is 12.8. The minimum Gasteiger partial charge on any atom is -0.309 e. The third kappa shape index (κ3) is 3.37. The number of fused-ring (bicyclic) bond motifs is 14. The van der Waals surface area contributed by atoms with Gasteiger partial charge in [-0.15, -0.1) is 22.7 Å². The van der Waals surface area contributed by atoms with Crippen molar-refractivity contribution in [3.63, 3.8) is 0 Å². The Morgan fingerprint density at radius 1 is 0.478 bits per heavy atom. The molecule has 0 unspecified atom stereocenters. The minimum absolute atomic E-state index is 0.0218. The van der Waals surface area contributed by atoms with Crippen LogP contribution in [0.2, 0.25) is 0 Å². The topological polar surface area (TPSA) is 9.86 Å². The van der Waals surface area contributed by atoms with Gasteiger partial charge in [-0.25, -0.2) is 0 Å². The van der Waals surface area contributed by atoms with E-state index in [1.807, 2.05) is 22.7 Å². The van der Waals surface area contributed by atoms with E-state index in [0.717, 1.165) is 0 Å². The molecule has 0 bridgehead atoms. The molecule has 10 aromatic rings. The summed E-state index contributed by atoms with van der Waals surface area (Å²) in [4.78, 5) is 0. The van der Waals surface area contributed by atoms with Crippen molar-refractivity contribution in [2.45, 2.75) is 0 Å². The third-order valence-corrected chi connectivity index (χ3v) is 13.5. The fraction of sp³-hybridized carbons (Fsp3) is 0. The number of benzene rings is 6. The number of thiophene rings is 2. The van der Waals surface area contributed by atoms with E-state index in [9.17, 15) is 0 Å². The second-order valence-corrected chi connectivity index (χ2v) is 16.2. The van der Waals surface area contributed by atoms with Crippen LogP contribution in [-0.4, -0.2) is 13.1 Å². The number of allylic oxidation sites excluding steroid dienone is 3. The first-order chi connectivity index (χ1) is 22.8. The number of halogens is 1. The Bertz CT molecular complexity index is 3030. The van der Waals surface area contributed by atoms with E-state index in [0.29, 0.717) is 0 Å². The first-order valence-electron chi connectivity index (χ1n) is 15.4. The van der Waals surface area contributed by atoms with Crippen LogP contribution in [0.3, 0.4) is 0 Å². The predicted molar refractivity (Wildman–Crippen MR) is 213 cm³/mol. The molecule has 46 heavy (non-hydrogen) atoms. The lowest BCUT2D eigenvalue weighted by Gasteiger charge is -2.09. The summed E-state index contributed by atoms with van der Waals surface area (Å²) in [5, 5.41) is 10.7. The molecule has 0 amide bonds. The minimum atomic E-state index is 0.0218. The highest BCUT2D eigenvalue weighted by molar-refractivity contribution is 14.2. The Morgan fingerprint density at radius 3 is 1.83 bits per heavy atom. The number of rotatable bonds is 2. The van der Waals surface area contributed by atoms with Gasteiger partial charge in [0.25, 0.3) is 0 Å². The van der Waals surface area contributed by atoms with Crippen LogP contribution in [0.25, 0.3) is 95.3 Å². The summed E-state index contributed by atoms with van der Waals surface area (Å²) in [5.41, 5.74) is 7.51. The highest BCUT2D eigenvalue weighted by atomic mass is 127. The summed E-state index contributed by atoms with van der Waals surface area (Å²) in [5.74, 6) is 0. The summed E-state index contributed by atoms with van der Waals surface area (Å²) < 4.78 is 15.1. The van der Waals surface area contributed by atoms with Gasteiger partial charge in [0.1, 0.15) is 0 Å². The molecule has 2 nitrogen and oxygen atoms in total. The van der Waals surface area contributed by atoms with E-state index < -0.39 is 0 Å². The van der Waals surface area contributed by atoms with E-state index in [1.54, 1.807) is 0 Å². The van der Waals surface area contributed by atoms with E-state index in [-0.39, 0.29) is 20.7 Å². The quantitative estimate of drug-likeness (QED) is 0.157. The summed E-state index contributed by atoms with van der Waals surface area (Å²) in [6.45, 7) is 0. The van der Waals surface area contributed by atoms with Gasteiger partial charge in [-0.3, -0.25) is 0 Å². The fourth-order valence-corrected chi connectivity index (χ4v) is 11.5. The molecular formula is C41H23IN2S2. The van der Waals surface area contributed by atoms with Crippen LogP contribution in [-0.2, 0) is 0 Å². The Kier molecular flexibility index (Phi) is 5.28. The lowest BCUT2D eigenvalue weighted by atomic mass is 10.1. The van der Waals surface area contributed by atoms with Crippen molar-refractivity contribution in [2.24, 2.45) is 0 Å². The van der Waals surface area contributed by atoms with Gasteiger partial charge in [-0.1, -0.05) is 87.5 Å². The summed E-state index contributed by atoms with van der Waals surface area (Å²) in [6.07, 6.45) is 4.62. The van der Waals surface area contributed by atoms with Gasteiger partial charge in [0.2, 0.25) is 0 Å². The molecule has 5 heterocycles. The molecule has 0 N–H and O–H groups in total. The summed E-state index contributed by atoms with van der Waals surface area (Å²) >= 11 is 3.86. The summed E-state index contributed by atoms with van der Waals surface area (Å²) in [6, 6.07) is 43.0. The van der Waals surface area contributed by atoms with Crippen LogP contribution in [0.4, 0.5) is 0 Å². The van der Waals surface area contributed by atoms with Crippen molar-refractivity contribution in [3.05, 3.63) is 131 Å². The second kappa shape index (κ2) is 9.48. The zero-order chi connectivity index (χ0) is 29.9. The molecular weight excluding hydrogens is 712 g/mol. The molecule has 0 spiro atoms. The van der Waals surface area contributed by atoms with Gasteiger partial charge in [0.15, 0.2) is 0 Å². The van der Waals surface area contributed by atoms with Gasteiger partial charge in [0, 0.05) is 73.3 Å². The lowest BCUT2D eigenvalue weighted by Crippen LogP contribution is -1.95. The highest BCUT2D eigenvalue weighted by Gasteiger charge is 2.21. The van der Waals surface area contributed by atoms with Crippen molar-refractivity contribution in [2.75, 3.05) is 0 Å². The Morgan fingerprint density at radius 2 is 1.11 bits per heavy atom. The smallest absolute Gasteiger partial charge is 0.0555 e. The van der Waals surface area contributed by atoms with Crippen LogP contribution >= 0.6 is 43.4 Å². The maximum Gasteiger partial charge on any atom is 0.0555 e. The number of hydrogen-bond donors (Lipinski definition) is 0. The van der Waals surface area contributed by atoms with Crippen LogP contribution in [0.5, 0.6) is 0 Å². The molecule has 0 saturated carbocycles. The molecule has 0 fully saturated rings. The normalized spacial score (nSPS) is 13.8. The maximum absolute atomic E-state index is 2.48. The Labute approximate surface area is 281 Å². The largest absolute Gasteiger partial charge is 0.309 e. The molecule has 0 saturated heterocycles. The standard InChI is InChI=1S/C41H23IN2S2/c1-4-10-32-29(8-1)38-34(43(32)24-19-21-42-22-20-24)16-14-27-28-15-17-35-39(41(28)46-40(27)38)30-9-2-5-11-33(30)44(35)25-13-18-37-31(23-25)26-7-3-6-12-36(26)45-37/h1-23H. The number of para-hydroxylation sites is 2. The molecule has 0 radical (unpaired) electrons. The monoisotopic (exact) mass is 734 g/mol. The second-order valence-electron chi connectivity index (χ2n) is 11.9. The van der Waals surface area contributed by atoms with Crippen molar-refractivity contribution in [3.8, 4) is 5.69 Å². The molecule has 6 aromatic carbocycles. The Hall–Kier alpha value is -4.56. The zero-order valence-corrected chi connectivity index (χ0v) is 28.2. The molecule has 4 aromatic heterocycles. The molecule has 1 aliphatic heterocycles. The van der Waals surface area contributed by atoms with Crippen molar-refractivity contribution >= 4 is 137 Å².